The summed E-state index contributed by atoms with van der Waals surface area (Å²) in [6.45, 7) is 1.65. The number of fused-ring (bicyclic) bond motifs is 3. The van der Waals surface area contributed by atoms with Crippen LogP contribution in [-0.4, -0.2) is 20.2 Å². The summed E-state index contributed by atoms with van der Waals surface area (Å²) >= 11 is 0. The smallest absolute Gasteiger partial charge is 0.181 e. The second-order valence-electron chi connectivity index (χ2n) is 6.39. The van der Waals surface area contributed by atoms with Crippen LogP contribution in [0.15, 0.2) is 27.5 Å². The maximum absolute atomic E-state index is 12.9. The Hall–Kier alpha value is -1.33. The zero-order valence-corrected chi connectivity index (χ0v) is 13.4. The average molecular weight is 319 g/mol. The molecule has 1 N–H and O–H groups in total. The molecule has 2 aliphatic rings. The lowest BCUT2D eigenvalue weighted by Gasteiger charge is -2.21. The molecule has 1 aliphatic carbocycles. The van der Waals surface area contributed by atoms with Crippen LogP contribution in [0.3, 0.4) is 0 Å². The third-order valence-electron chi connectivity index (χ3n) is 5.00. The van der Waals surface area contributed by atoms with Crippen molar-refractivity contribution < 1.29 is 12.8 Å². The Kier molecular flexibility index (Phi) is 3.50. The highest BCUT2D eigenvalue weighted by Crippen LogP contribution is 2.33. The van der Waals surface area contributed by atoms with Crippen molar-refractivity contribution in [3.05, 3.63) is 29.5 Å². The Balaban J connectivity index is 1.78. The number of hydrogen-bond acceptors (Lipinski definition) is 4. The van der Waals surface area contributed by atoms with E-state index in [4.69, 9.17) is 4.42 Å². The molecule has 0 unspecified atom stereocenters. The van der Waals surface area contributed by atoms with Crippen molar-refractivity contribution in [2.75, 3.05) is 6.54 Å². The SMILES string of the molecule is O=S(=O)(c1ccc2oc3c(c2c1)CCNC3)C1CCCCC1. The van der Waals surface area contributed by atoms with E-state index in [2.05, 4.69) is 5.32 Å². The van der Waals surface area contributed by atoms with Gasteiger partial charge in [-0.3, -0.25) is 0 Å². The van der Waals surface area contributed by atoms with Crippen molar-refractivity contribution in [2.24, 2.45) is 0 Å². The largest absolute Gasteiger partial charge is 0.459 e. The lowest BCUT2D eigenvalue weighted by molar-refractivity contribution is 0.483. The van der Waals surface area contributed by atoms with Crippen molar-refractivity contribution in [1.82, 2.24) is 5.32 Å². The maximum Gasteiger partial charge on any atom is 0.181 e. The maximum atomic E-state index is 12.9. The molecule has 2 heterocycles. The zero-order chi connectivity index (χ0) is 15.2. The topological polar surface area (TPSA) is 59.3 Å². The molecular formula is C17H21NO3S. The molecule has 4 rings (SSSR count). The molecule has 1 aromatic carbocycles. The Morgan fingerprint density at radius 2 is 1.95 bits per heavy atom. The molecule has 0 saturated heterocycles. The number of nitrogens with one attached hydrogen (secondary N) is 1. The minimum absolute atomic E-state index is 0.205. The summed E-state index contributed by atoms with van der Waals surface area (Å²) < 4.78 is 31.6. The van der Waals surface area contributed by atoms with Crippen LogP contribution in [0.5, 0.6) is 0 Å². The van der Waals surface area contributed by atoms with Gasteiger partial charge < -0.3 is 9.73 Å². The van der Waals surface area contributed by atoms with E-state index in [0.717, 1.165) is 68.3 Å². The summed E-state index contributed by atoms with van der Waals surface area (Å²) in [5.74, 6) is 0.952. The molecule has 4 nitrogen and oxygen atoms in total. The van der Waals surface area contributed by atoms with E-state index in [9.17, 15) is 8.42 Å². The van der Waals surface area contributed by atoms with E-state index >= 15 is 0 Å². The highest BCUT2D eigenvalue weighted by atomic mass is 32.2. The molecule has 0 atom stereocenters. The first-order valence-electron chi connectivity index (χ1n) is 8.15. The third kappa shape index (κ3) is 2.27. The van der Waals surface area contributed by atoms with E-state index in [1.807, 2.05) is 12.1 Å². The van der Waals surface area contributed by atoms with Crippen molar-refractivity contribution in [2.45, 2.75) is 55.2 Å². The van der Waals surface area contributed by atoms with Crippen LogP contribution < -0.4 is 5.32 Å². The monoisotopic (exact) mass is 319 g/mol. The summed E-state index contributed by atoms with van der Waals surface area (Å²) in [5.41, 5.74) is 1.98. The Bertz CT molecular complexity index is 801. The first-order valence-corrected chi connectivity index (χ1v) is 9.70. The first kappa shape index (κ1) is 14.3. The molecule has 0 amide bonds. The molecule has 22 heavy (non-hydrogen) atoms. The van der Waals surface area contributed by atoms with Crippen LogP contribution in [0.4, 0.5) is 0 Å². The van der Waals surface area contributed by atoms with Gasteiger partial charge in [-0.05, 0) is 44.0 Å². The van der Waals surface area contributed by atoms with Gasteiger partial charge in [-0.1, -0.05) is 19.3 Å². The van der Waals surface area contributed by atoms with Gasteiger partial charge in [-0.25, -0.2) is 8.42 Å². The van der Waals surface area contributed by atoms with Crippen LogP contribution in [0, 0.1) is 0 Å². The third-order valence-corrected chi connectivity index (χ3v) is 7.26. The van der Waals surface area contributed by atoms with Gasteiger partial charge in [0.2, 0.25) is 0 Å². The number of hydrogen-bond donors (Lipinski definition) is 1. The van der Waals surface area contributed by atoms with Gasteiger partial charge in [-0.15, -0.1) is 0 Å². The summed E-state index contributed by atoms with van der Waals surface area (Å²) in [6, 6.07) is 5.38. The van der Waals surface area contributed by atoms with Crippen LogP contribution in [0.2, 0.25) is 0 Å². The second-order valence-corrected chi connectivity index (χ2v) is 8.62. The minimum atomic E-state index is -3.22. The minimum Gasteiger partial charge on any atom is -0.459 e. The molecule has 1 aromatic heterocycles. The molecule has 0 bridgehead atoms. The van der Waals surface area contributed by atoms with Crippen LogP contribution in [0.25, 0.3) is 11.0 Å². The Labute approximate surface area is 130 Å². The van der Waals surface area contributed by atoms with E-state index in [-0.39, 0.29) is 5.25 Å². The highest BCUT2D eigenvalue weighted by molar-refractivity contribution is 7.92. The molecule has 0 radical (unpaired) electrons. The second kappa shape index (κ2) is 5.39. The van der Waals surface area contributed by atoms with E-state index < -0.39 is 9.84 Å². The fourth-order valence-corrected chi connectivity index (χ4v) is 5.63. The van der Waals surface area contributed by atoms with E-state index in [0.29, 0.717) is 4.90 Å². The number of benzene rings is 1. The van der Waals surface area contributed by atoms with Gasteiger partial charge in [0.15, 0.2) is 9.84 Å². The summed E-state index contributed by atoms with van der Waals surface area (Å²) in [4.78, 5) is 0.467. The summed E-state index contributed by atoms with van der Waals surface area (Å²) in [6.07, 6.45) is 5.71. The number of sulfone groups is 1. The standard InChI is InChI=1S/C17H21NO3S/c19-22(20,12-4-2-1-3-5-12)13-6-7-16-15(10-13)14-8-9-18-11-17(14)21-16/h6-7,10,12,18H,1-5,8-9,11H2. The van der Waals surface area contributed by atoms with Gasteiger partial charge in [0.25, 0.3) is 0 Å². The quantitative estimate of drug-likeness (QED) is 0.923. The highest BCUT2D eigenvalue weighted by Gasteiger charge is 2.29. The fourth-order valence-electron chi connectivity index (χ4n) is 3.76. The van der Waals surface area contributed by atoms with Gasteiger partial charge in [0, 0.05) is 10.9 Å². The van der Waals surface area contributed by atoms with Crippen molar-refractivity contribution in [1.29, 1.82) is 0 Å². The molecule has 2 aromatic rings. The predicted molar refractivity (Wildman–Crippen MR) is 85.7 cm³/mol. The summed E-state index contributed by atoms with van der Waals surface area (Å²) in [5, 5.41) is 4.06. The fraction of sp³-hybridized carbons (Fsp3) is 0.529. The lowest BCUT2D eigenvalue weighted by Crippen LogP contribution is -2.24. The molecule has 1 saturated carbocycles. The lowest BCUT2D eigenvalue weighted by atomic mass is 10.0. The summed E-state index contributed by atoms with van der Waals surface area (Å²) in [7, 11) is -3.22. The molecular weight excluding hydrogens is 298 g/mol. The first-order chi connectivity index (χ1) is 10.7. The Morgan fingerprint density at radius 1 is 1.14 bits per heavy atom. The number of furan rings is 1. The van der Waals surface area contributed by atoms with Crippen LogP contribution in [-0.2, 0) is 22.8 Å². The van der Waals surface area contributed by atoms with Crippen LogP contribution in [0.1, 0.15) is 43.4 Å². The average Bonchev–Trinajstić information content (AvgIpc) is 2.93. The van der Waals surface area contributed by atoms with Gasteiger partial charge in [0.1, 0.15) is 11.3 Å². The normalized spacial score (nSPS) is 20.2. The van der Waals surface area contributed by atoms with Crippen molar-refractivity contribution in [3.8, 4) is 0 Å². The van der Waals surface area contributed by atoms with Crippen molar-refractivity contribution in [3.63, 3.8) is 0 Å². The molecule has 1 aliphatic heterocycles. The Morgan fingerprint density at radius 3 is 2.77 bits per heavy atom. The molecule has 5 heteroatoms. The van der Waals surface area contributed by atoms with Gasteiger partial charge in [-0.2, -0.15) is 0 Å². The van der Waals surface area contributed by atoms with Gasteiger partial charge >= 0.3 is 0 Å². The van der Waals surface area contributed by atoms with Crippen molar-refractivity contribution >= 4 is 20.8 Å². The molecule has 118 valence electrons. The molecule has 1 fully saturated rings. The molecule has 0 spiro atoms. The van der Waals surface area contributed by atoms with Gasteiger partial charge in [0.05, 0.1) is 16.7 Å². The van der Waals surface area contributed by atoms with E-state index in [1.54, 1.807) is 6.07 Å². The number of rotatable bonds is 2. The van der Waals surface area contributed by atoms with Crippen LogP contribution >= 0.6 is 0 Å². The predicted octanol–water partition coefficient (Wildman–Crippen LogP) is 3.18. The zero-order valence-electron chi connectivity index (χ0n) is 12.6. The van der Waals surface area contributed by atoms with E-state index in [1.165, 1.54) is 5.56 Å².